The number of carbonyl (C=O) groups is 1. The standard InChI is InChI=1S/C23H37N5O4.HI/c1-2-31-23(29)27-10-6-19(7-11-27)25-22(24-9-5-21-4-3-15-32-21)28-12-8-20(18-28)26-13-16-30-17-14-26;/h3-4,15,19-20H,2,5-14,16-18H2,1H3,(H,24,25);1H. The van der Waals surface area contributed by atoms with E-state index in [1.165, 1.54) is 0 Å². The first-order chi connectivity index (χ1) is 15.7. The van der Waals surface area contributed by atoms with E-state index in [0.29, 0.717) is 38.3 Å². The first kappa shape index (κ1) is 26.1. The highest BCUT2D eigenvalue weighted by Gasteiger charge is 2.32. The number of rotatable bonds is 6. The minimum absolute atomic E-state index is 0. The number of likely N-dealkylation sites (tertiary alicyclic amines) is 2. The number of furan rings is 1. The molecule has 0 aromatic carbocycles. The number of morpholine rings is 1. The molecule has 9 nitrogen and oxygen atoms in total. The van der Waals surface area contributed by atoms with Crippen LogP contribution in [0.25, 0.3) is 0 Å². The Bertz CT molecular complexity index is 733. The van der Waals surface area contributed by atoms with Crippen LogP contribution in [0.5, 0.6) is 0 Å². The molecule has 0 bridgehead atoms. The molecule has 1 atom stereocenters. The molecule has 1 amide bonds. The van der Waals surface area contributed by atoms with E-state index in [9.17, 15) is 4.79 Å². The molecule has 3 fully saturated rings. The highest BCUT2D eigenvalue weighted by Crippen LogP contribution is 2.19. The second kappa shape index (κ2) is 13.4. The molecule has 3 aliphatic rings. The van der Waals surface area contributed by atoms with Crippen LogP contribution in [0.2, 0.25) is 0 Å². The highest BCUT2D eigenvalue weighted by atomic mass is 127. The molecule has 3 saturated heterocycles. The molecule has 1 N–H and O–H groups in total. The summed E-state index contributed by atoms with van der Waals surface area (Å²) in [4.78, 5) is 23.7. The van der Waals surface area contributed by atoms with Crippen LogP contribution in [0.15, 0.2) is 27.8 Å². The number of nitrogens with one attached hydrogen (secondary N) is 1. The van der Waals surface area contributed by atoms with E-state index >= 15 is 0 Å². The summed E-state index contributed by atoms with van der Waals surface area (Å²) < 4.78 is 16.1. The third-order valence-corrected chi connectivity index (χ3v) is 6.58. The highest BCUT2D eigenvalue weighted by molar-refractivity contribution is 14.0. The summed E-state index contributed by atoms with van der Waals surface area (Å²) in [7, 11) is 0. The van der Waals surface area contributed by atoms with Crippen LogP contribution >= 0.6 is 24.0 Å². The van der Waals surface area contributed by atoms with Crippen LogP contribution in [0.4, 0.5) is 4.79 Å². The molecule has 0 radical (unpaired) electrons. The molecule has 4 heterocycles. The van der Waals surface area contributed by atoms with Crippen molar-refractivity contribution in [2.24, 2.45) is 4.99 Å². The monoisotopic (exact) mass is 575 g/mol. The number of aliphatic imine (C=N–C) groups is 1. The SMILES string of the molecule is CCOC(=O)N1CCC(NC(=NCCc2ccco2)N2CCC(N3CCOCC3)C2)CC1.I. The zero-order valence-electron chi connectivity index (χ0n) is 19.6. The Hall–Kier alpha value is -1.53. The average molecular weight is 575 g/mol. The van der Waals surface area contributed by atoms with Crippen LogP contribution in [0.3, 0.4) is 0 Å². The lowest BCUT2D eigenvalue weighted by Gasteiger charge is -2.35. The van der Waals surface area contributed by atoms with Gasteiger partial charge < -0.3 is 29.0 Å². The maximum absolute atomic E-state index is 12.0. The quantitative estimate of drug-likeness (QED) is 0.317. The summed E-state index contributed by atoms with van der Waals surface area (Å²) in [5, 5.41) is 3.72. The van der Waals surface area contributed by atoms with Gasteiger partial charge in [0.15, 0.2) is 5.96 Å². The van der Waals surface area contributed by atoms with Gasteiger partial charge in [-0.05, 0) is 38.3 Å². The van der Waals surface area contributed by atoms with Crippen molar-refractivity contribution in [3.8, 4) is 0 Å². The number of hydrogen-bond donors (Lipinski definition) is 1. The van der Waals surface area contributed by atoms with E-state index in [1.54, 1.807) is 11.2 Å². The van der Waals surface area contributed by atoms with Gasteiger partial charge in [0.2, 0.25) is 0 Å². The van der Waals surface area contributed by atoms with Gasteiger partial charge in [0, 0.05) is 64.3 Å². The summed E-state index contributed by atoms with van der Waals surface area (Å²) in [5.74, 6) is 1.95. The van der Waals surface area contributed by atoms with Crippen molar-refractivity contribution in [2.45, 2.75) is 44.7 Å². The summed E-state index contributed by atoms with van der Waals surface area (Å²) in [5.41, 5.74) is 0. The number of amides is 1. The molecule has 4 rings (SSSR count). The van der Waals surface area contributed by atoms with Crippen LogP contribution in [0.1, 0.15) is 31.9 Å². The van der Waals surface area contributed by atoms with Gasteiger partial charge in [0.05, 0.1) is 26.1 Å². The van der Waals surface area contributed by atoms with Crippen LogP contribution < -0.4 is 5.32 Å². The van der Waals surface area contributed by atoms with E-state index in [0.717, 1.165) is 76.8 Å². The maximum Gasteiger partial charge on any atom is 0.409 e. The summed E-state index contributed by atoms with van der Waals surface area (Å²) >= 11 is 0. The molecule has 10 heteroatoms. The van der Waals surface area contributed by atoms with Gasteiger partial charge in [-0.25, -0.2) is 4.79 Å². The van der Waals surface area contributed by atoms with E-state index < -0.39 is 0 Å². The van der Waals surface area contributed by atoms with Crippen molar-refractivity contribution < 1.29 is 18.7 Å². The summed E-state index contributed by atoms with van der Waals surface area (Å²) in [6.07, 6.45) is 5.25. The molecule has 1 aromatic heterocycles. The number of nitrogens with zero attached hydrogens (tertiary/aromatic N) is 4. The van der Waals surface area contributed by atoms with Gasteiger partial charge in [-0.1, -0.05) is 0 Å². The van der Waals surface area contributed by atoms with Crippen molar-refractivity contribution in [2.75, 3.05) is 65.6 Å². The number of halogens is 1. The number of carbonyl (C=O) groups excluding carboxylic acids is 1. The number of guanidine groups is 1. The lowest BCUT2D eigenvalue weighted by molar-refractivity contribution is 0.0194. The third-order valence-electron chi connectivity index (χ3n) is 6.58. The molecule has 1 unspecified atom stereocenters. The molecule has 0 aliphatic carbocycles. The van der Waals surface area contributed by atoms with Crippen LogP contribution in [0, 0.1) is 0 Å². The minimum Gasteiger partial charge on any atom is -0.469 e. The minimum atomic E-state index is -0.203. The molecule has 3 aliphatic heterocycles. The zero-order valence-corrected chi connectivity index (χ0v) is 21.9. The topological polar surface area (TPSA) is 82.8 Å². The van der Waals surface area contributed by atoms with Crippen molar-refractivity contribution in [1.29, 1.82) is 0 Å². The van der Waals surface area contributed by atoms with Crippen molar-refractivity contribution in [3.63, 3.8) is 0 Å². The van der Waals surface area contributed by atoms with Crippen LogP contribution in [-0.4, -0.2) is 104 Å². The van der Waals surface area contributed by atoms with Gasteiger partial charge in [0.25, 0.3) is 0 Å². The maximum atomic E-state index is 12.0. The van der Waals surface area contributed by atoms with Gasteiger partial charge in [-0.15, -0.1) is 24.0 Å². The van der Waals surface area contributed by atoms with Crippen molar-refractivity contribution >= 4 is 36.0 Å². The number of hydrogen-bond acceptors (Lipinski definition) is 6. The Kier molecular flexibility index (Phi) is 10.6. The molecule has 0 spiro atoms. The number of piperidine rings is 1. The Balaban J connectivity index is 0.00000306. The van der Waals surface area contributed by atoms with E-state index in [2.05, 4.69) is 15.1 Å². The Morgan fingerprint density at radius 1 is 1.15 bits per heavy atom. The van der Waals surface area contributed by atoms with E-state index in [4.69, 9.17) is 18.9 Å². The van der Waals surface area contributed by atoms with Crippen molar-refractivity contribution in [1.82, 2.24) is 20.0 Å². The zero-order chi connectivity index (χ0) is 22.2. The predicted octanol–water partition coefficient (Wildman–Crippen LogP) is 2.41. The van der Waals surface area contributed by atoms with Crippen molar-refractivity contribution in [3.05, 3.63) is 24.2 Å². The van der Waals surface area contributed by atoms with Crippen LogP contribution in [-0.2, 0) is 15.9 Å². The molecule has 186 valence electrons. The lowest BCUT2D eigenvalue weighted by Crippen LogP contribution is -2.51. The number of ether oxygens (including phenoxy) is 2. The van der Waals surface area contributed by atoms with E-state index in [1.807, 2.05) is 19.1 Å². The fourth-order valence-corrected chi connectivity index (χ4v) is 4.74. The molecule has 1 aromatic rings. The Morgan fingerprint density at radius 2 is 1.91 bits per heavy atom. The average Bonchev–Trinajstić information content (AvgIpc) is 3.52. The Morgan fingerprint density at radius 3 is 2.61 bits per heavy atom. The Labute approximate surface area is 213 Å². The first-order valence-electron chi connectivity index (χ1n) is 12.0. The second-order valence-electron chi connectivity index (χ2n) is 8.68. The van der Waals surface area contributed by atoms with Gasteiger partial charge in [0.1, 0.15) is 5.76 Å². The van der Waals surface area contributed by atoms with Gasteiger partial charge >= 0.3 is 6.09 Å². The third kappa shape index (κ3) is 7.48. The molecular weight excluding hydrogens is 537 g/mol. The largest absolute Gasteiger partial charge is 0.469 e. The molecule has 33 heavy (non-hydrogen) atoms. The fourth-order valence-electron chi connectivity index (χ4n) is 4.74. The van der Waals surface area contributed by atoms with Gasteiger partial charge in [-0.3, -0.25) is 9.89 Å². The smallest absolute Gasteiger partial charge is 0.409 e. The van der Waals surface area contributed by atoms with Gasteiger partial charge in [-0.2, -0.15) is 0 Å². The lowest BCUT2D eigenvalue weighted by atomic mass is 10.1. The first-order valence-corrected chi connectivity index (χ1v) is 12.0. The summed E-state index contributed by atoms with van der Waals surface area (Å²) in [6.45, 7) is 10.1. The molecular formula is C23H38IN5O4. The fraction of sp³-hybridized carbons (Fsp3) is 0.739. The summed E-state index contributed by atoms with van der Waals surface area (Å²) in [6, 6.07) is 4.79. The van der Waals surface area contributed by atoms with E-state index in [-0.39, 0.29) is 30.1 Å². The normalized spacial score (nSPS) is 22.8. The molecule has 0 saturated carbocycles. The predicted molar refractivity (Wildman–Crippen MR) is 137 cm³/mol. The second-order valence-corrected chi connectivity index (χ2v) is 8.68.